The van der Waals surface area contributed by atoms with E-state index in [0.29, 0.717) is 0 Å². The predicted molar refractivity (Wildman–Crippen MR) is 82.6 cm³/mol. The normalized spacial score (nSPS) is 30.9. The molecular weight excluding hydrogens is 234 g/mol. The number of nitrogens with zero attached hydrogens (tertiary/aromatic N) is 2. The van der Waals surface area contributed by atoms with Crippen molar-refractivity contribution in [1.29, 1.82) is 0 Å². The second-order valence-electron chi connectivity index (χ2n) is 6.69. The summed E-state index contributed by atoms with van der Waals surface area (Å²) in [5, 5.41) is 3.69. The topological polar surface area (TPSA) is 18.5 Å². The van der Waals surface area contributed by atoms with Crippen LogP contribution in [0, 0.1) is 0 Å². The van der Waals surface area contributed by atoms with E-state index in [1.54, 1.807) is 0 Å². The standard InChI is InChI=1S/C16H33N3/c1-4-11-17-14-5-7-16(8-6-14)19-12-9-15(10-13-19)18(2)3/h14-17H,4-13H2,1-3H3. The molecule has 3 heteroatoms. The van der Waals surface area contributed by atoms with E-state index in [1.807, 2.05) is 0 Å². The van der Waals surface area contributed by atoms with Crippen LogP contribution in [0.25, 0.3) is 0 Å². The van der Waals surface area contributed by atoms with Crippen molar-refractivity contribution in [3.63, 3.8) is 0 Å². The lowest BCUT2D eigenvalue weighted by molar-refractivity contribution is 0.0842. The maximum Gasteiger partial charge on any atom is 0.0113 e. The van der Waals surface area contributed by atoms with Gasteiger partial charge in [0.2, 0.25) is 0 Å². The van der Waals surface area contributed by atoms with Gasteiger partial charge in [-0.25, -0.2) is 0 Å². The number of nitrogens with one attached hydrogen (secondary N) is 1. The van der Waals surface area contributed by atoms with E-state index in [0.717, 1.165) is 18.1 Å². The minimum absolute atomic E-state index is 0.801. The molecule has 0 bridgehead atoms. The van der Waals surface area contributed by atoms with Crippen molar-refractivity contribution < 1.29 is 0 Å². The molecule has 19 heavy (non-hydrogen) atoms. The second kappa shape index (κ2) is 7.61. The van der Waals surface area contributed by atoms with Crippen LogP contribution in [-0.2, 0) is 0 Å². The Kier molecular flexibility index (Phi) is 6.11. The van der Waals surface area contributed by atoms with Crippen molar-refractivity contribution in [2.75, 3.05) is 33.7 Å². The molecule has 0 atom stereocenters. The second-order valence-corrected chi connectivity index (χ2v) is 6.69. The molecule has 0 aromatic heterocycles. The summed E-state index contributed by atoms with van der Waals surface area (Å²) in [5.74, 6) is 0. The number of hydrogen-bond donors (Lipinski definition) is 1. The fourth-order valence-electron chi connectivity index (χ4n) is 3.76. The molecule has 2 rings (SSSR count). The van der Waals surface area contributed by atoms with E-state index in [4.69, 9.17) is 0 Å². The molecule has 1 saturated heterocycles. The highest BCUT2D eigenvalue weighted by molar-refractivity contribution is 4.86. The van der Waals surface area contributed by atoms with Crippen LogP contribution in [0.3, 0.4) is 0 Å². The average molecular weight is 267 g/mol. The first-order valence-electron chi connectivity index (χ1n) is 8.34. The van der Waals surface area contributed by atoms with Gasteiger partial charge in [0.05, 0.1) is 0 Å². The summed E-state index contributed by atoms with van der Waals surface area (Å²) in [6.07, 6.45) is 9.58. The van der Waals surface area contributed by atoms with Crippen molar-refractivity contribution in [2.24, 2.45) is 0 Å². The Bertz CT molecular complexity index is 238. The molecule has 1 saturated carbocycles. The summed E-state index contributed by atoms with van der Waals surface area (Å²) in [6.45, 7) is 6.10. The first-order chi connectivity index (χ1) is 9.20. The van der Waals surface area contributed by atoms with Crippen molar-refractivity contribution >= 4 is 0 Å². The minimum atomic E-state index is 0.801. The summed E-state index contributed by atoms with van der Waals surface area (Å²) in [6, 6.07) is 2.50. The van der Waals surface area contributed by atoms with Crippen LogP contribution in [0.2, 0.25) is 0 Å². The van der Waals surface area contributed by atoms with E-state index in [1.165, 1.54) is 64.6 Å². The molecule has 0 amide bonds. The molecule has 0 spiro atoms. The molecule has 2 aliphatic rings. The van der Waals surface area contributed by atoms with E-state index in [-0.39, 0.29) is 0 Å². The zero-order valence-corrected chi connectivity index (χ0v) is 13.2. The molecule has 1 N–H and O–H groups in total. The van der Waals surface area contributed by atoms with Crippen LogP contribution in [0.1, 0.15) is 51.9 Å². The first-order valence-corrected chi connectivity index (χ1v) is 8.34. The van der Waals surface area contributed by atoms with Gasteiger partial charge in [0.15, 0.2) is 0 Å². The van der Waals surface area contributed by atoms with Crippen LogP contribution in [-0.4, -0.2) is 61.7 Å². The highest BCUT2D eigenvalue weighted by Gasteiger charge is 2.29. The van der Waals surface area contributed by atoms with Gasteiger partial charge in [0.1, 0.15) is 0 Å². The zero-order valence-electron chi connectivity index (χ0n) is 13.2. The SMILES string of the molecule is CCCNC1CCC(N2CCC(N(C)C)CC2)CC1. The van der Waals surface area contributed by atoms with Gasteiger partial charge in [-0.05, 0) is 78.7 Å². The fraction of sp³-hybridized carbons (Fsp3) is 1.00. The number of rotatable bonds is 5. The lowest BCUT2D eigenvalue weighted by atomic mass is 9.88. The molecule has 0 aromatic rings. The molecule has 1 aliphatic carbocycles. The Morgan fingerprint density at radius 1 is 1.00 bits per heavy atom. The van der Waals surface area contributed by atoms with Gasteiger partial charge in [-0.15, -0.1) is 0 Å². The molecule has 0 aromatic carbocycles. The summed E-state index contributed by atoms with van der Waals surface area (Å²) in [7, 11) is 4.45. The predicted octanol–water partition coefficient (Wildman–Crippen LogP) is 2.32. The molecule has 3 nitrogen and oxygen atoms in total. The molecule has 0 radical (unpaired) electrons. The van der Waals surface area contributed by atoms with E-state index < -0.39 is 0 Å². The van der Waals surface area contributed by atoms with Gasteiger partial charge in [0, 0.05) is 18.1 Å². The third-order valence-corrected chi connectivity index (χ3v) is 5.13. The van der Waals surface area contributed by atoms with Crippen LogP contribution in [0.5, 0.6) is 0 Å². The lowest BCUT2D eigenvalue weighted by Crippen LogP contribution is -2.48. The molecule has 1 heterocycles. The van der Waals surface area contributed by atoms with Gasteiger partial charge in [-0.1, -0.05) is 6.92 Å². The summed E-state index contributed by atoms with van der Waals surface area (Å²) in [5.41, 5.74) is 0. The van der Waals surface area contributed by atoms with Gasteiger partial charge in [-0.3, -0.25) is 0 Å². The largest absolute Gasteiger partial charge is 0.314 e. The zero-order chi connectivity index (χ0) is 13.7. The van der Waals surface area contributed by atoms with Crippen LogP contribution >= 0.6 is 0 Å². The molecule has 0 unspecified atom stereocenters. The molecule has 1 aliphatic heterocycles. The average Bonchev–Trinajstić information content (AvgIpc) is 2.46. The monoisotopic (exact) mass is 267 g/mol. The Hall–Kier alpha value is -0.120. The third kappa shape index (κ3) is 4.44. The number of hydrogen-bond acceptors (Lipinski definition) is 3. The van der Waals surface area contributed by atoms with Gasteiger partial charge < -0.3 is 15.1 Å². The molecule has 2 fully saturated rings. The van der Waals surface area contributed by atoms with E-state index in [2.05, 4.69) is 36.1 Å². The Balaban J connectivity index is 1.68. The smallest absolute Gasteiger partial charge is 0.0113 e. The summed E-state index contributed by atoms with van der Waals surface area (Å²) in [4.78, 5) is 5.18. The summed E-state index contributed by atoms with van der Waals surface area (Å²) >= 11 is 0. The quantitative estimate of drug-likeness (QED) is 0.825. The van der Waals surface area contributed by atoms with Crippen molar-refractivity contribution in [3.8, 4) is 0 Å². The number of likely N-dealkylation sites (tertiary alicyclic amines) is 1. The molecule has 112 valence electrons. The van der Waals surface area contributed by atoms with Gasteiger partial charge in [-0.2, -0.15) is 0 Å². The van der Waals surface area contributed by atoms with Crippen LogP contribution in [0.15, 0.2) is 0 Å². The third-order valence-electron chi connectivity index (χ3n) is 5.13. The van der Waals surface area contributed by atoms with Crippen LogP contribution < -0.4 is 5.32 Å². The maximum atomic E-state index is 3.69. The van der Waals surface area contributed by atoms with E-state index >= 15 is 0 Å². The van der Waals surface area contributed by atoms with Crippen molar-refractivity contribution in [2.45, 2.75) is 70.0 Å². The lowest BCUT2D eigenvalue weighted by Gasteiger charge is -2.42. The van der Waals surface area contributed by atoms with Crippen molar-refractivity contribution in [3.05, 3.63) is 0 Å². The maximum absolute atomic E-state index is 3.69. The highest BCUT2D eigenvalue weighted by atomic mass is 15.2. The minimum Gasteiger partial charge on any atom is -0.314 e. The van der Waals surface area contributed by atoms with Gasteiger partial charge in [0.25, 0.3) is 0 Å². The Labute approximate surface area is 119 Å². The first kappa shape index (κ1) is 15.3. The highest BCUT2D eigenvalue weighted by Crippen LogP contribution is 2.26. The number of piperidine rings is 1. The Morgan fingerprint density at radius 3 is 2.16 bits per heavy atom. The fourth-order valence-corrected chi connectivity index (χ4v) is 3.76. The van der Waals surface area contributed by atoms with Crippen LogP contribution in [0.4, 0.5) is 0 Å². The van der Waals surface area contributed by atoms with E-state index in [9.17, 15) is 0 Å². The van der Waals surface area contributed by atoms with Gasteiger partial charge >= 0.3 is 0 Å². The summed E-state index contributed by atoms with van der Waals surface area (Å²) < 4.78 is 0. The van der Waals surface area contributed by atoms with Crippen molar-refractivity contribution in [1.82, 2.24) is 15.1 Å². The molecular formula is C16H33N3. The Morgan fingerprint density at radius 2 is 1.63 bits per heavy atom.